The number of rotatable bonds is 4. The standard InChI is InChI=1S/C30H24N2/c1-2-8-24(9-3-1)31-28-12-6-4-10-25(28)22-16-14-21(15-17-22)23-18-19-30-27(20-23)26-11-5-7-13-29(26)32-30/h1-14,16,18-20,31-32H,15,17H2. The fraction of sp³-hybridized carbons (Fsp3) is 0.0667. The van der Waals surface area contributed by atoms with E-state index in [9.17, 15) is 0 Å². The van der Waals surface area contributed by atoms with E-state index in [4.69, 9.17) is 0 Å². The van der Waals surface area contributed by atoms with Crippen LogP contribution in [0.15, 0.2) is 109 Å². The summed E-state index contributed by atoms with van der Waals surface area (Å²) in [5, 5.41) is 6.17. The van der Waals surface area contributed by atoms with Crippen molar-refractivity contribution in [3.05, 3.63) is 120 Å². The molecule has 4 aromatic carbocycles. The molecule has 0 unspecified atom stereocenters. The fourth-order valence-electron chi connectivity index (χ4n) is 4.70. The monoisotopic (exact) mass is 412 g/mol. The number of hydrogen-bond acceptors (Lipinski definition) is 1. The van der Waals surface area contributed by atoms with Gasteiger partial charge in [-0.15, -0.1) is 0 Å². The Morgan fingerprint density at radius 3 is 2.19 bits per heavy atom. The minimum absolute atomic E-state index is 1.03. The predicted octanol–water partition coefficient (Wildman–Crippen LogP) is 8.33. The van der Waals surface area contributed by atoms with E-state index in [0.717, 1.165) is 24.2 Å². The summed E-state index contributed by atoms with van der Waals surface area (Å²) in [6.45, 7) is 0. The van der Waals surface area contributed by atoms with Gasteiger partial charge in [-0.2, -0.15) is 0 Å². The Bertz CT molecular complexity index is 1490. The van der Waals surface area contributed by atoms with Crippen LogP contribution in [-0.2, 0) is 0 Å². The summed E-state index contributed by atoms with van der Waals surface area (Å²) in [7, 11) is 0. The molecule has 2 nitrogen and oxygen atoms in total. The zero-order valence-electron chi connectivity index (χ0n) is 17.8. The number of aromatic amines is 1. The number of aromatic nitrogens is 1. The van der Waals surface area contributed by atoms with Crippen molar-refractivity contribution in [2.75, 3.05) is 5.32 Å². The molecule has 0 saturated heterocycles. The maximum absolute atomic E-state index is 3.58. The number of H-pyrrole nitrogens is 1. The predicted molar refractivity (Wildman–Crippen MR) is 137 cm³/mol. The van der Waals surface area contributed by atoms with Crippen LogP contribution < -0.4 is 5.32 Å². The van der Waals surface area contributed by atoms with Crippen LogP contribution in [0.1, 0.15) is 24.0 Å². The molecule has 0 fully saturated rings. The quantitative estimate of drug-likeness (QED) is 0.305. The lowest BCUT2D eigenvalue weighted by molar-refractivity contribution is 1.07. The van der Waals surface area contributed by atoms with E-state index in [1.54, 1.807) is 0 Å². The first-order valence-electron chi connectivity index (χ1n) is 11.2. The second kappa shape index (κ2) is 7.90. The normalized spacial score (nSPS) is 13.8. The smallest absolute Gasteiger partial charge is 0.0465 e. The van der Waals surface area contributed by atoms with Crippen molar-refractivity contribution in [1.29, 1.82) is 0 Å². The maximum atomic E-state index is 3.58. The Labute approximate surface area is 187 Å². The summed E-state index contributed by atoms with van der Waals surface area (Å²) >= 11 is 0. The molecule has 0 spiro atoms. The molecule has 32 heavy (non-hydrogen) atoms. The molecule has 0 atom stereocenters. The van der Waals surface area contributed by atoms with Crippen LogP contribution in [0.4, 0.5) is 11.4 Å². The highest BCUT2D eigenvalue weighted by Gasteiger charge is 2.14. The van der Waals surface area contributed by atoms with E-state index in [2.05, 4.69) is 113 Å². The van der Waals surface area contributed by atoms with Gasteiger partial charge >= 0.3 is 0 Å². The zero-order valence-corrected chi connectivity index (χ0v) is 17.8. The average Bonchev–Trinajstić information content (AvgIpc) is 3.23. The van der Waals surface area contributed by atoms with Crippen LogP contribution in [0, 0.1) is 0 Å². The Morgan fingerprint density at radius 2 is 1.31 bits per heavy atom. The van der Waals surface area contributed by atoms with Crippen LogP contribution in [0.5, 0.6) is 0 Å². The highest BCUT2D eigenvalue weighted by atomic mass is 14.9. The van der Waals surface area contributed by atoms with Crippen molar-refractivity contribution >= 4 is 44.3 Å². The van der Waals surface area contributed by atoms with Gasteiger partial charge in [0.1, 0.15) is 0 Å². The topological polar surface area (TPSA) is 27.8 Å². The molecular weight excluding hydrogens is 388 g/mol. The number of para-hydroxylation sites is 3. The van der Waals surface area contributed by atoms with Crippen LogP contribution in [0.2, 0.25) is 0 Å². The van der Waals surface area contributed by atoms with Gasteiger partial charge in [0, 0.05) is 38.7 Å². The van der Waals surface area contributed by atoms with Crippen molar-refractivity contribution in [2.24, 2.45) is 0 Å². The van der Waals surface area contributed by atoms with E-state index >= 15 is 0 Å². The second-order valence-corrected chi connectivity index (χ2v) is 8.35. The van der Waals surface area contributed by atoms with Crippen molar-refractivity contribution < 1.29 is 0 Å². The number of anilines is 2. The number of hydrogen-bond donors (Lipinski definition) is 2. The highest BCUT2D eigenvalue weighted by Crippen LogP contribution is 2.37. The molecule has 1 aromatic heterocycles. The van der Waals surface area contributed by atoms with Gasteiger partial charge in [-0.05, 0) is 65.9 Å². The Balaban J connectivity index is 1.33. The first kappa shape index (κ1) is 18.7. The molecule has 0 bridgehead atoms. The van der Waals surface area contributed by atoms with Gasteiger partial charge in [-0.3, -0.25) is 0 Å². The fourth-order valence-corrected chi connectivity index (χ4v) is 4.70. The van der Waals surface area contributed by atoms with Gasteiger partial charge in [-0.25, -0.2) is 0 Å². The zero-order chi connectivity index (χ0) is 21.3. The molecular formula is C30H24N2. The molecule has 6 rings (SSSR count). The molecule has 2 heteroatoms. The first-order valence-corrected chi connectivity index (χ1v) is 11.2. The summed E-state index contributed by atoms with van der Waals surface area (Å²) in [4.78, 5) is 3.52. The van der Waals surface area contributed by atoms with E-state index in [-0.39, 0.29) is 0 Å². The average molecular weight is 413 g/mol. The summed E-state index contributed by atoms with van der Waals surface area (Å²) in [5.41, 5.74) is 10.0. The summed E-state index contributed by atoms with van der Waals surface area (Å²) in [5.74, 6) is 0. The molecule has 0 amide bonds. The third-order valence-corrected chi connectivity index (χ3v) is 6.35. The summed E-state index contributed by atoms with van der Waals surface area (Å²) < 4.78 is 0. The summed E-state index contributed by atoms with van der Waals surface area (Å²) in [6.07, 6.45) is 6.67. The SMILES string of the molecule is C1=C(c2ccc3[nH]c4ccccc4c3c2)CCC(c2ccccc2Nc2ccccc2)=C1. The van der Waals surface area contributed by atoms with E-state index in [1.807, 2.05) is 6.07 Å². The van der Waals surface area contributed by atoms with Gasteiger partial charge < -0.3 is 10.3 Å². The van der Waals surface area contributed by atoms with Crippen LogP contribution in [0.25, 0.3) is 33.0 Å². The van der Waals surface area contributed by atoms with Gasteiger partial charge in [0.15, 0.2) is 0 Å². The minimum atomic E-state index is 1.03. The lowest BCUT2D eigenvalue weighted by Crippen LogP contribution is -1.98. The van der Waals surface area contributed by atoms with Crippen molar-refractivity contribution in [3.8, 4) is 0 Å². The minimum Gasteiger partial charge on any atom is -0.355 e. The second-order valence-electron chi connectivity index (χ2n) is 8.35. The van der Waals surface area contributed by atoms with E-state index in [1.165, 1.54) is 44.1 Å². The molecule has 0 saturated carbocycles. The van der Waals surface area contributed by atoms with E-state index in [0.29, 0.717) is 0 Å². The largest absolute Gasteiger partial charge is 0.355 e. The van der Waals surface area contributed by atoms with Gasteiger partial charge in [0.2, 0.25) is 0 Å². The van der Waals surface area contributed by atoms with Crippen molar-refractivity contribution in [1.82, 2.24) is 4.98 Å². The van der Waals surface area contributed by atoms with E-state index < -0.39 is 0 Å². The molecule has 2 N–H and O–H groups in total. The van der Waals surface area contributed by atoms with Gasteiger partial charge in [0.05, 0.1) is 0 Å². The van der Waals surface area contributed by atoms with Crippen LogP contribution in [0.3, 0.4) is 0 Å². The molecule has 154 valence electrons. The molecule has 1 aliphatic rings. The van der Waals surface area contributed by atoms with Crippen molar-refractivity contribution in [2.45, 2.75) is 12.8 Å². The number of fused-ring (bicyclic) bond motifs is 3. The third-order valence-electron chi connectivity index (χ3n) is 6.35. The number of allylic oxidation sites excluding steroid dienone is 4. The molecule has 5 aromatic rings. The van der Waals surface area contributed by atoms with Crippen molar-refractivity contribution in [3.63, 3.8) is 0 Å². The third kappa shape index (κ3) is 3.40. The number of nitrogens with one attached hydrogen (secondary N) is 2. The van der Waals surface area contributed by atoms with Crippen LogP contribution >= 0.6 is 0 Å². The lowest BCUT2D eigenvalue weighted by Gasteiger charge is -2.19. The Kier molecular flexibility index (Phi) is 4.62. The molecule has 1 heterocycles. The highest BCUT2D eigenvalue weighted by molar-refractivity contribution is 6.08. The maximum Gasteiger partial charge on any atom is 0.0465 e. The Morgan fingerprint density at radius 1 is 0.594 bits per heavy atom. The van der Waals surface area contributed by atoms with Crippen LogP contribution in [-0.4, -0.2) is 4.98 Å². The Hall–Kier alpha value is -4.04. The van der Waals surface area contributed by atoms with Gasteiger partial charge in [-0.1, -0.05) is 72.8 Å². The first-order chi connectivity index (χ1) is 15.8. The lowest BCUT2D eigenvalue weighted by atomic mass is 9.89. The molecule has 1 aliphatic carbocycles. The molecule has 0 aliphatic heterocycles. The molecule has 0 radical (unpaired) electrons. The van der Waals surface area contributed by atoms with Gasteiger partial charge in [0.25, 0.3) is 0 Å². The number of benzene rings is 4. The summed E-state index contributed by atoms with van der Waals surface area (Å²) in [6, 6.07) is 34.3.